The highest BCUT2D eigenvalue weighted by Crippen LogP contribution is 2.33. The number of carbonyl (C=O) groups is 1. The van der Waals surface area contributed by atoms with E-state index in [1.165, 1.54) is 0 Å². The van der Waals surface area contributed by atoms with Gasteiger partial charge in [-0.15, -0.1) is 5.10 Å². The number of hydrogen-bond donors (Lipinski definition) is 0. The number of rotatable bonds is 5. The lowest BCUT2D eigenvalue weighted by Crippen LogP contribution is -2.29. The van der Waals surface area contributed by atoms with E-state index in [1.807, 2.05) is 42.2 Å². The summed E-state index contributed by atoms with van der Waals surface area (Å²) < 4.78 is 12.6. The first-order valence-corrected chi connectivity index (χ1v) is 9.89. The van der Waals surface area contributed by atoms with E-state index in [9.17, 15) is 4.79 Å². The average molecular weight is 403 g/mol. The zero-order valence-electron chi connectivity index (χ0n) is 16.8. The lowest BCUT2D eigenvalue weighted by Gasteiger charge is -2.23. The first-order chi connectivity index (χ1) is 14.6. The van der Waals surface area contributed by atoms with Gasteiger partial charge in [0.1, 0.15) is 0 Å². The van der Waals surface area contributed by atoms with Crippen LogP contribution in [0, 0.1) is 6.92 Å². The highest BCUT2D eigenvalue weighted by atomic mass is 16.7. The van der Waals surface area contributed by atoms with Crippen LogP contribution < -0.4 is 9.47 Å². The van der Waals surface area contributed by atoms with E-state index in [-0.39, 0.29) is 12.7 Å². The number of fused-ring (bicyclic) bond motifs is 4. The van der Waals surface area contributed by atoms with E-state index in [0.717, 1.165) is 33.3 Å². The summed E-state index contributed by atoms with van der Waals surface area (Å²) in [6.07, 6.45) is 0.415. The molecule has 0 N–H and O–H groups in total. The molecule has 30 heavy (non-hydrogen) atoms. The number of aromatic nitrogens is 4. The Bertz CT molecular complexity index is 1270. The van der Waals surface area contributed by atoms with Gasteiger partial charge in [-0.25, -0.2) is 0 Å². The molecule has 152 valence electrons. The smallest absolute Gasteiger partial charge is 0.231 e. The van der Waals surface area contributed by atoms with Crippen molar-refractivity contribution in [3.63, 3.8) is 0 Å². The molecule has 1 aliphatic rings. The Labute approximate surface area is 173 Å². The molecule has 1 aliphatic heterocycles. The highest BCUT2D eigenvalue weighted by molar-refractivity contribution is 5.84. The van der Waals surface area contributed by atoms with Crippen molar-refractivity contribution >= 4 is 22.5 Å². The van der Waals surface area contributed by atoms with Gasteiger partial charge in [0.25, 0.3) is 0 Å². The van der Waals surface area contributed by atoms with Crippen molar-refractivity contribution in [2.24, 2.45) is 0 Å². The van der Waals surface area contributed by atoms with E-state index in [1.54, 1.807) is 4.52 Å². The third kappa shape index (κ3) is 3.20. The summed E-state index contributed by atoms with van der Waals surface area (Å²) >= 11 is 0. The third-order valence-electron chi connectivity index (χ3n) is 5.32. The van der Waals surface area contributed by atoms with E-state index in [0.29, 0.717) is 30.9 Å². The standard InChI is InChI=1S/C22H21N5O3/c1-3-21(28)26(11-15-5-7-19-20(9-15)30-13-29-19)12-17-10-16-8-14(2)4-6-18(16)27-22(17)23-24-25-27/h4-10H,3,11-13H2,1-2H3. The van der Waals surface area contributed by atoms with E-state index in [2.05, 4.69) is 34.6 Å². The molecule has 1 amide bonds. The average Bonchev–Trinajstić information content (AvgIpc) is 3.41. The van der Waals surface area contributed by atoms with Crippen molar-refractivity contribution in [1.82, 2.24) is 24.9 Å². The van der Waals surface area contributed by atoms with Gasteiger partial charge in [0.2, 0.25) is 12.7 Å². The first kappa shape index (κ1) is 18.4. The number of hydrogen-bond acceptors (Lipinski definition) is 6. The summed E-state index contributed by atoms with van der Waals surface area (Å²) in [5, 5.41) is 13.3. The molecule has 0 unspecified atom stereocenters. The number of tetrazole rings is 1. The molecular weight excluding hydrogens is 382 g/mol. The topological polar surface area (TPSA) is 81.9 Å². The minimum atomic E-state index is 0.0580. The maximum Gasteiger partial charge on any atom is 0.231 e. The number of amides is 1. The number of benzene rings is 2. The van der Waals surface area contributed by atoms with Crippen LogP contribution in [0.4, 0.5) is 0 Å². The fourth-order valence-electron chi connectivity index (χ4n) is 3.82. The molecule has 0 aliphatic carbocycles. The van der Waals surface area contributed by atoms with Crippen LogP contribution in [-0.4, -0.2) is 37.6 Å². The molecule has 0 radical (unpaired) electrons. The van der Waals surface area contributed by atoms with Crippen LogP contribution in [0.3, 0.4) is 0 Å². The second-order valence-electron chi connectivity index (χ2n) is 7.44. The molecule has 0 saturated heterocycles. The molecule has 0 fully saturated rings. The minimum absolute atomic E-state index is 0.0580. The van der Waals surface area contributed by atoms with Gasteiger partial charge in [0.15, 0.2) is 17.1 Å². The molecule has 8 nitrogen and oxygen atoms in total. The molecule has 5 rings (SSSR count). The van der Waals surface area contributed by atoms with Gasteiger partial charge >= 0.3 is 0 Å². The second-order valence-corrected chi connectivity index (χ2v) is 7.44. The summed E-state index contributed by atoms with van der Waals surface area (Å²) in [7, 11) is 0. The molecule has 8 heteroatoms. The van der Waals surface area contributed by atoms with Crippen LogP contribution in [0.1, 0.15) is 30.0 Å². The Balaban J connectivity index is 1.52. The molecule has 0 atom stereocenters. The Hall–Kier alpha value is -3.68. The Morgan fingerprint density at radius 3 is 2.83 bits per heavy atom. The predicted molar refractivity (Wildman–Crippen MR) is 110 cm³/mol. The maximum absolute atomic E-state index is 12.8. The second kappa shape index (κ2) is 7.29. The van der Waals surface area contributed by atoms with Crippen molar-refractivity contribution in [3.05, 3.63) is 59.2 Å². The molecule has 0 saturated carbocycles. The number of pyridine rings is 1. The highest BCUT2D eigenvalue weighted by Gasteiger charge is 2.19. The number of aryl methyl sites for hydroxylation is 1. The first-order valence-electron chi connectivity index (χ1n) is 9.89. The Morgan fingerprint density at radius 1 is 1.10 bits per heavy atom. The van der Waals surface area contributed by atoms with Crippen molar-refractivity contribution < 1.29 is 14.3 Å². The van der Waals surface area contributed by atoms with Crippen LogP contribution in [0.15, 0.2) is 42.5 Å². The van der Waals surface area contributed by atoms with Gasteiger partial charge in [-0.1, -0.05) is 24.6 Å². The van der Waals surface area contributed by atoms with E-state index >= 15 is 0 Å². The minimum Gasteiger partial charge on any atom is -0.454 e. The zero-order chi connectivity index (χ0) is 20.7. The lowest BCUT2D eigenvalue weighted by atomic mass is 10.1. The van der Waals surface area contributed by atoms with Crippen LogP contribution in [-0.2, 0) is 17.9 Å². The SMILES string of the molecule is CCC(=O)N(Cc1ccc2c(c1)OCO2)Cc1cc2cc(C)ccc2n2nnnc12. The molecule has 3 heterocycles. The fourth-order valence-corrected chi connectivity index (χ4v) is 3.82. The third-order valence-corrected chi connectivity index (χ3v) is 5.32. The number of ether oxygens (including phenoxy) is 2. The van der Waals surface area contributed by atoms with Crippen LogP contribution >= 0.6 is 0 Å². The maximum atomic E-state index is 12.8. The zero-order valence-corrected chi connectivity index (χ0v) is 16.8. The quantitative estimate of drug-likeness (QED) is 0.509. The lowest BCUT2D eigenvalue weighted by molar-refractivity contribution is -0.132. The monoisotopic (exact) mass is 403 g/mol. The number of nitrogens with zero attached hydrogens (tertiary/aromatic N) is 5. The van der Waals surface area contributed by atoms with Gasteiger partial charge in [-0.3, -0.25) is 4.79 Å². The van der Waals surface area contributed by atoms with E-state index < -0.39 is 0 Å². The van der Waals surface area contributed by atoms with Crippen molar-refractivity contribution in [2.45, 2.75) is 33.4 Å². The molecular formula is C22H21N5O3. The van der Waals surface area contributed by atoms with Gasteiger partial charge in [-0.2, -0.15) is 4.52 Å². The van der Waals surface area contributed by atoms with Gasteiger partial charge < -0.3 is 14.4 Å². The van der Waals surface area contributed by atoms with E-state index in [4.69, 9.17) is 9.47 Å². The molecule has 0 bridgehead atoms. The molecule has 0 spiro atoms. The Kier molecular flexibility index (Phi) is 4.46. The summed E-state index contributed by atoms with van der Waals surface area (Å²) in [5.74, 6) is 1.50. The number of carbonyl (C=O) groups excluding carboxylic acids is 1. The van der Waals surface area contributed by atoms with Crippen molar-refractivity contribution in [3.8, 4) is 11.5 Å². The van der Waals surface area contributed by atoms with Crippen molar-refractivity contribution in [2.75, 3.05) is 6.79 Å². The van der Waals surface area contributed by atoms with Crippen LogP contribution in [0.2, 0.25) is 0 Å². The van der Waals surface area contributed by atoms with Gasteiger partial charge in [0.05, 0.1) is 5.52 Å². The fraction of sp³-hybridized carbons (Fsp3) is 0.273. The van der Waals surface area contributed by atoms with Crippen LogP contribution in [0.25, 0.3) is 16.6 Å². The van der Waals surface area contributed by atoms with Crippen LogP contribution in [0.5, 0.6) is 11.5 Å². The Morgan fingerprint density at radius 2 is 1.97 bits per heavy atom. The van der Waals surface area contributed by atoms with Gasteiger partial charge in [-0.05, 0) is 53.2 Å². The molecule has 2 aromatic carbocycles. The molecule has 2 aromatic heterocycles. The van der Waals surface area contributed by atoms with Crippen molar-refractivity contribution in [1.29, 1.82) is 0 Å². The molecule has 4 aromatic rings. The predicted octanol–water partition coefficient (Wildman–Crippen LogP) is 3.25. The summed E-state index contributed by atoms with van der Waals surface area (Å²) in [6.45, 7) is 5.02. The summed E-state index contributed by atoms with van der Waals surface area (Å²) in [6, 6.07) is 14.0. The van der Waals surface area contributed by atoms with Gasteiger partial charge in [0, 0.05) is 30.5 Å². The summed E-state index contributed by atoms with van der Waals surface area (Å²) in [5.41, 5.74) is 4.64. The normalized spacial score (nSPS) is 12.6. The summed E-state index contributed by atoms with van der Waals surface area (Å²) in [4.78, 5) is 14.6. The largest absolute Gasteiger partial charge is 0.454 e.